The number of piperidine rings is 1. The minimum absolute atomic E-state index is 0.216. The van der Waals surface area contributed by atoms with E-state index >= 15 is 0 Å². The van der Waals surface area contributed by atoms with Crippen LogP contribution in [0.3, 0.4) is 0 Å². The largest absolute Gasteiger partial charge is 0.497 e. The maximum Gasteiger partial charge on any atom is 0.321 e. The molecular weight excluding hydrogens is 288 g/mol. The molecule has 1 unspecified atom stereocenters. The summed E-state index contributed by atoms with van der Waals surface area (Å²) >= 11 is 0. The van der Waals surface area contributed by atoms with Crippen LogP contribution in [0.1, 0.15) is 12.8 Å². The van der Waals surface area contributed by atoms with Gasteiger partial charge in [-0.1, -0.05) is 0 Å². The van der Waals surface area contributed by atoms with Crippen LogP contribution in [0.25, 0.3) is 0 Å². The number of ether oxygens (including phenoxy) is 2. The number of aliphatic carboxylic acids is 1. The molecule has 0 spiro atoms. The van der Waals surface area contributed by atoms with Crippen molar-refractivity contribution < 1.29 is 24.2 Å². The van der Waals surface area contributed by atoms with E-state index in [4.69, 9.17) is 14.6 Å². The van der Waals surface area contributed by atoms with Crippen molar-refractivity contribution in [1.29, 1.82) is 0 Å². The topological polar surface area (TPSA) is 88.1 Å². The van der Waals surface area contributed by atoms with Crippen LogP contribution in [-0.2, 0) is 4.79 Å². The third kappa shape index (κ3) is 3.60. The maximum atomic E-state index is 12.3. The number of anilines is 1. The van der Waals surface area contributed by atoms with E-state index in [1.807, 2.05) is 0 Å². The van der Waals surface area contributed by atoms with Crippen molar-refractivity contribution in [3.05, 3.63) is 18.2 Å². The Morgan fingerprint density at radius 3 is 2.73 bits per heavy atom. The number of hydrogen-bond acceptors (Lipinski definition) is 4. The number of urea groups is 1. The van der Waals surface area contributed by atoms with Crippen molar-refractivity contribution >= 4 is 17.7 Å². The van der Waals surface area contributed by atoms with E-state index in [1.54, 1.807) is 18.2 Å². The van der Waals surface area contributed by atoms with Crippen LogP contribution in [0.4, 0.5) is 10.5 Å². The second kappa shape index (κ2) is 7.02. The summed E-state index contributed by atoms with van der Waals surface area (Å²) in [7, 11) is 3.05. The van der Waals surface area contributed by atoms with Crippen molar-refractivity contribution in [3.8, 4) is 11.5 Å². The average molecular weight is 308 g/mol. The van der Waals surface area contributed by atoms with Crippen LogP contribution >= 0.6 is 0 Å². The van der Waals surface area contributed by atoms with E-state index in [0.29, 0.717) is 36.6 Å². The Morgan fingerprint density at radius 2 is 2.09 bits per heavy atom. The molecule has 2 rings (SSSR count). The Labute approximate surface area is 128 Å². The molecule has 0 aromatic heterocycles. The smallest absolute Gasteiger partial charge is 0.321 e. The molecule has 1 heterocycles. The second-order valence-electron chi connectivity index (χ2n) is 5.12. The van der Waals surface area contributed by atoms with E-state index < -0.39 is 11.9 Å². The monoisotopic (exact) mass is 308 g/mol. The number of amides is 2. The highest BCUT2D eigenvalue weighted by molar-refractivity contribution is 5.91. The minimum atomic E-state index is -0.864. The van der Waals surface area contributed by atoms with Gasteiger partial charge in [0, 0.05) is 19.2 Å². The van der Waals surface area contributed by atoms with Gasteiger partial charge in [-0.05, 0) is 25.0 Å². The Hall–Kier alpha value is -2.44. The van der Waals surface area contributed by atoms with Gasteiger partial charge in [0.05, 0.1) is 25.8 Å². The average Bonchev–Trinajstić information content (AvgIpc) is 2.54. The summed E-state index contributed by atoms with van der Waals surface area (Å²) in [6.45, 7) is 0.759. The Bertz CT molecular complexity index is 561. The van der Waals surface area contributed by atoms with Gasteiger partial charge < -0.3 is 24.8 Å². The number of carboxylic acids is 1. The summed E-state index contributed by atoms with van der Waals surface area (Å²) in [5, 5.41) is 11.8. The first-order chi connectivity index (χ1) is 10.5. The van der Waals surface area contributed by atoms with Gasteiger partial charge in [-0.2, -0.15) is 0 Å². The number of carbonyl (C=O) groups is 2. The zero-order chi connectivity index (χ0) is 16.1. The highest BCUT2D eigenvalue weighted by Crippen LogP contribution is 2.29. The highest BCUT2D eigenvalue weighted by Gasteiger charge is 2.28. The first-order valence-corrected chi connectivity index (χ1v) is 7.06. The lowest BCUT2D eigenvalue weighted by atomic mass is 9.99. The molecule has 7 nitrogen and oxygen atoms in total. The molecule has 0 saturated carbocycles. The highest BCUT2D eigenvalue weighted by atomic mass is 16.5. The molecule has 120 valence electrons. The van der Waals surface area contributed by atoms with Crippen molar-refractivity contribution in [2.45, 2.75) is 12.8 Å². The van der Waals surface area contributed by atoms with Crippen LogP contribution in [0.15, 0.2) is 18.2 Å². The lowest BCUT2D eigenvalue weighted by Crippen LogP contribution is -2.44. The number of methoxy groups -OCH3 is 2. The quantitative estimate of drug-likeness (QED) is 0.888. The van der Waals surface area contributed by atoms with Crippen LogP contribution in [0.2, 0.25) is 0 Å². The number of carboxylic acid groups (broad SMARTS) is 1. The molecule has 7 heteroatoms. The predicted octanol–water partition coefficient (Wildman–Crippen LogP) is 2.03. The minimum Gasteiger partial charge on any atom is -0.497 e. The standard InChI is InChI=1S/C15H20N2O5/c1-21-11-5-6-13(22-2)12(8-11)16-15(20)17-7-3-4-10(9-17)14(18)19/h5-6,8,10H,3-4,7,9H2,1-2H3,(H,16,20)(H,18,19). The first-order valence-electron chi connectivity index (χ1n) is 7.06. The molecule has 1 aliphatic rings. The van der Waals surface area contributed by atoms with Gasteiger partial charge in [-0.3, -0.25) is 4.79 Å². The molecule has 0 bridgehead atoms. The third-order valence-corrected chi connectivity index (χ3v) is 3.71. The van der Waals surface area contributed by atoms with Crippen LogP contribution in [0, 0.1) is 5.92 Å². The Balaban J connectivity index is 2.09. The first kappa shape index (κ1) is 15.9. The summed E-state index contributed by atoms with van der Waals surface area (Å²) in [5.41, 5.74) is 0.490. The summed E-state index contributed by atoms with van der Waals surface area (Å²) in [6, 6.07) is 4.76. The maximum absolute atomic E-state index is 12.3. The van der Waals surface area contributed by atoms with E-state index in [9.17, 15) is 9.59 Å². The van der Waals surface area contributed by atoms with Crippen LogP contribution < -0.4 is 14.8 Å². The fraction of sp³-hybridized carbons (Fsp3) is 0.467. The van der Waals surface area contributed by atoms with Gasteiger partial charge in [0.25, 0.3) is 0 Å². The molecule has 0 aliphatic carbocycles. The van der Waals surface area contributed by atoms with Gasteiger partial charge in [0.15, 0.2) is 0 Å². The normalized spacial score (nSPS) is 17.7. The molecule has 1 saturated heterocycles. The second-order valence-corrected chi connectivity index (χ2v) is 5.12. The van der Waals surface area contributed by atoms with E-state index in [2.05, 4.69) is 5.32 Å². The molecule has 1 aromatic rings. The van der Waals surface area contributed by atoms with E-state index in [0.717, 1.165) is 0 Å². The molecule has 1 fully saturated rings. The summed E-state index contributed by atoms with van der Waals surface area (Å²) in [4.78, 5) is 24.9. The predicted molar refractivity (Wildman–Crippen MR) is 80.5 cm³/mol. The van der Waals surface area contributed by atoms with E-state index in [1.165, 1.54) is 19.1 Å². The number of nitrogens with zero attached hydrogens (tertiary/aromatic N) is 1. The lowest BCUT2D eigenvalue weighted by molar-refractivity contribution is -0.143. The molecule has 1 aromatic carbocycles. The molecule has 2 N–H and O–H groups in total. The SMILES string of the molecule is COc1ccc(OC)c(NC(=O)N2CCCC(C(=O)O)C2)c1. The Morgan fingerprint density at radius 1 is 1.32 bits per heavy atom. The summed E-state index contributed by atoms with van der Waals surface area (Å²) < 4.78 is 10.3. The van der Waals surface area contributed by atoms with Gasteiger partial charge >= 0.3 is 12.0 Å². The molecule has 0 radical (unpaired) electrons. The van der Waals surface area contributed by atoms with Crippen molar-refractivity contribution in [3.63, 3.8) is 0 Å². The molecule has 1 atom stereocenters. The number of nitrogens with one attached hydrogen (secondary N) is 1. The molecule has 2 amide bonds. The molecular formula is C15H20N2O5. The lowest BCUT2D eigenvalue weighted by Gasteiger charge is -2.30. The zero-order valence-corrected chi connectivity index (χ0v) is 12.7. The molecule has 1 aliphatic heterocycles. The third-order valence-electron chi connectivity index (χ3n) is 3.71. The zero-order valence-electron chi connectivity index (χ0n) is 12.7. The fourth-order valence-electron chi connectivity index (χ4n) is 2.47. The Kier molecular flexibility index (Phi) is 5.08. The van der Waals surface area contributed by atoms with Gasteiger partial charge in [-0.15, -0.1) is 0 Å². The van der Waals surface area contributed by atoms with Crippen LogP contribution in [-0.4, -0.2) is 49.3 Å². The van der Waals surface area contributed by atoms with Crippen molar-refractivity contribution in [2.75, 3.05) is 32.6 Å². The molecule has 22 heavy (non-hydrogen) atoms. The van der Waals surface area contributed by atoms with Gasteiger partial charge in [0.2, 0.25) is 0 Å². The number of rotatable bonds is 4. The van der Waals surface area contributed by atoms with Gasteiger partial charge in [0.1, 0.15) is 11.5 Å². The summed E-state index contributed by atoms with van der Waals surface area (Å²) in [6.07, 6.45) is 1.28. The van der Waals surface area contributed by atoms with Gasteiger partial charge in [-0.25, -0.2) is 4.79 Å². The van der Waals surface area contributed by atoms with E-state index in [-0.39, 0.29) is 12.6 Å². The number of benzene rings is 1. The fourth-order valence-corrected chi connectivity index (χ4v) is 2.47. The number of hydrogen-bond donors (Lipinski definition) is 2. The van der Waals surface area contributed by atoms with Crippen LogP contribution in [0.5, 0.6) is 11.5 Å². The van der Waals surface area contributed by atoms with Crippen molar-refractivity contribution in [2.24, 2.45) is 5.92 Å². The number of likely N-dealkylation sites (tertiary alicyclic amines) is 1. The number of carbonyl (C=O) groups excluding carboxylic acids is 1. The summed E-state index contributed by atoms with van der Waals surface area (Å²) in [5.74, 6) is -0.262. The van der Waals surface area contributed by atoms with Crippen molar-refractivity contribution in [1.82, 2.24) is 4.90 Å².